The van der Waals surface area contributed by atoms with E-state index in [0.717, 1.165) is 4.90 Å². The molecule has 6 nitrogen and oxygen atoms in total. The molecule has 2 rings (SSSR count). The van der Waals surface area contributed by atoms with Crippen molar-refractivity contribution < 1.29 is 19.2 Å². The molecule has 0 aliphatic rings. The van der Waals surface area contributed by atoms with Gasteiger partial charge in [-0.05, 0) is 43.2 Å². The van der Waals surface area contributed by atoms with Gasteiger partial charge in [-0.1, -0.05) is 6.07 Å². The van der Waals surface area contributed by atoms with Crippen LogP contribution in [0.5, 0.6) is 11.5 Å². The summed E-state index contributed by atoms with van der Waals surface area (Å²) in [6, 6.07) is 10.0. The number of benzene rings is 2. The highest BCUT2D eigenvalue weighted by molar-refractivity contribution is 7.99. The molecule has 0 unspecified atom stereocenters. The molecule has 0 aliphatic carbocycles. The number of hydrogen-bond donors (Lipinski definition) is 0. The Morgan fingerprint density at radius 3 is 2.52 bits per heavy atom. The molecule has 0 saturated heterocycles. The monoisotopic (exact) mass is 361 g/mol. The van der Waals surface area contributed by atoms with Gasteiger partial charge in [0.1, 0.15) is 0 Å². The standard InChI is InChI=1S/C18H19NO5S/c1-12-4-6-15(10-13(12)2)25-9-8-18(20)24-17-11-14(19(21)22)5-7-16(17)23-3/h4-7,10-11H,8-9H2,1-3H3. The van der Waals surface area contributed by atoms with Crippen molar-refractivity contribution in [2.45, 2.75) is 25.2 Å². The van der Waals surface area contributed by atoms with Gasteiger partial charge in [0, 0.05) is 16.7 Å². The third-order valence-corrected chi connectivity index (χ3v) is 4.63. The summed E-state index contributed by atoms with van der Waals surface area (Å²) in [6.07, 6.45) is 0.184. The Balaban J connectivity index is 1.94. The fourth-order valence-electron chi connectivity index (χ4n) is 2.09. The van der Waals surface area contributed by atoms with Crippen LogP contribution in [0.2, 0.25) is 0 Å². The molecule has 2 aromatic carbocycles. The van der Waals surface area contributed by atoms with E-state index >= 15 is 0 Å². The van der Waals surface area contributed by atoms with Crippen LogP contribution in [0.4, 0.5) is 5.69 Å². The first-order valence-electron chi connectivity index (χ1n) is 7.64. The SMILES string of the molecule is COc1ccc([N+](=O)[O-])cc1OC(=O)CCSc1ccc(C)c(C)c1. The highest BCUT2D eigenvalue weighted by Crippen LogP contribution is 2.31. The van der Waals surface area contributed by atoms with E-state index in [1.807, 2.05) is 26.0 Å². The van der Waals surface area contributed by atoms with Gasteiger partial charge in [0.15, 0.2) is 11.5 Å². The summed E-state index contributed by atoms with van der Waals surface area (Å²) in [4.78, 5) is 23.4. The molecule has 25 heavy (non-hydrogen) atoms. The van der Waals surface area contributed by atoms with Gasteiger partial charge in [-0.3, -0.25) is 14.9 Å². The van der Waals surface area contributed by atoms with Crippen molar-refractivity contribution in [3.63, 3.8) is 0 Å². The predicted octanol–water partition coefficient (Wildman–Crippen LogP) is 4.31. The third kappa shape index (κ3) is 5.22. The Hall–Kier alpha value is -2.54. The Bertz CT molecular complexity index is 791. The zero-order valence-electron chi connectivity index (χ0n) is 14.3. The number of rotatable bonds is 7. The number of nitro groups is 1. The van der Waals surface area contributed by atoms with Gasteiger partial charge in [0.05, 0.1) is 24.5 Å². The molecule has 0 spiro atoms. The van der Waals surface area contributed by atoms with Crippen molar-refractivity contribution >= 4 is 23.4 Å². The quantitative estimate of drug-likeness (QED) is 0.240. The number of aryl methyl sites for hydroxylation is 2. The van der Waals surface area contributed by atoms with Crippen LogP contribution in [0.1, 0.15) is 17.5 Å². The molecule has 0 radical (unpaired) electrons. The van der Waals surface area contributed by atoms with Crippen molar-refractivity contribution in [2.24, 2.45) is 0 Å². The number of esters is 1. The van der Waals surface area contributed by atoms with Crippen LogP contribution in [0.15, 0.2) is 41.3 Å². The second-order valence-corrected chi connectivity index (χ2v) is 6.58. The topological polar surface area (TPSA) is 78.7 Å². The van der Waals surface area contributed by atoms with E-state index in [-0.39, 0.29) is 23.6 Å². The molecule has 0 N–H and O–H groups in total. The molecule has 0 heterocycles. The molecule has 0 saturated carbocycles. The second kappa shape index (κ2) is 8.53. The first kappa shape index (κ1) is 18.8. The molecular weight excluding hydrogens is 342 g/mol. The first-order chi connectivity index (χ1) is 11.9. The van der Waals surface area contributed by atoms with Gasteiger partial charge in [0.2, 0.25) is 0 Å². The van der Waals surface area contributed by atoms with E-state index in [9.17, 15) is 14.9 Å². The van der Waals surface area contributed by atoms with Crippen LogP contribution in [0.25, 0.3) is 0 Å². The van der Waals surface area contributed by atoms with E-state index in [0.29, 0.717) is 5.75 Å². The number of non-ortho nitro benzene ring substituents is 1. The Labute approximate surface area is 150 Å². The highest BCUT2D eigenvalue weighted by Gasteiger charge is 2.15. The fraction of sp³-hybridized carbons (Fsp3) is 0.278. The number of hydrogen-bond acceptors (Lipinski definition) is 6. The summed E-state index contributed by atoms with van der Waals surface area (Å²) in [7, 11) is 1.41. The Kier molecular flexibility index (Phi) is 6.41. The number of ether oxygens (including phenoxy) is 2. The van der Waals surface area contributed by atoms with Crippen LogP contribution in [0, 0.1) is 24.0 Å². The van der Waals surface area contributed by atoms with E-state index in [1.54, 1.807) is 11.8 Å². The average Bonchev–Trinajstić information content (AvgIpc) is 2.58. The summed E-state index contributed by atoms with van der Waals surface area (Å²) in [5.41, 5.74) is 2.27. The van der Waals surface area contributed by atoms with Crippen LogP contribution in [-0.4, -0.2) is 23.8 Å². The number of methoxy groups -OCH3 is 1. The number of nitrogens with zero attached hydrogens (tertiary/aromatic N) is 1. The van der Waals surface area contributed by atoms with Gasteiger partial charge >= 0.3 is 5.97 Å². The van der Waals surface area contributed by atoms with Crippen LogP contribution >= 0.6 is 11.8 Å². The predicted molar refractivity (Wildman–Crippen MR) is 96.5 cm³/mol. The van der Waals surface area contributed by atoms with Crippen molar-refractivity contribution in [2.75, 3.05) is 12.9 Å². The lowest BCUT2D eigenvalue weighted by atomic mass is 10.1. The lowest BCUT2D eigenvalue weighted by molar-refractivity contribution is -0.384. The number of carbonyl (C=O) groups is 1. The maximum Gasteiger partial charge on any atom is 0.312 e. The first-order valence-corrected chi connectivity index (χ1v) is 8.62. The summed E-state index contributed by atoms with van der Waals surface area (Å²) in [5, 5.41) is 10.8. The molecule has 2 aromatic rings. The molecule has 7 heteroatoms. The molecule has 0 atom stereocenters. The van der Waals surface area contributed by atoms with Gasteiger partial charge in [0.25, 0.3) is 5.69 Å². The van der Waals surface area contributed by atoms with Crippen molar-refractivity contribution in [1.29, 1.82) is 0 Å². The van der Waals surface area contributed by atoms with Gasteiger partial charge in [-0.15, -0.1) is 11.8 Å². The number of carbonyl (C=O) groups excluding carboxylic acids is 1. The van der Waals surface area contributed by atoms with Gasteiger partial charge < -0.3 is 9.47 Å². The zero-order valence-corrected chi connectivity index (χ0v) is 15.1. The van der Waals surface area contributed by atoms with E-state index < -0.39 is 10.9 Å². The highest BCUT2D eigenvalue weighted by atomic mass is 32.2. The van der Waals surface area contributed by atoms with Crippen molar-refractivity contribution in [3.05, 3.63) is 57.6 Å². The molecule has 0 bridgehead atoms. The summed E-state index contributed by atoms with van der Waals surface area (Å²) in [6.45, 7) is 4.09. The summed E-state index contributed by atoms with van der Waals surface area (Å²) < 4.78 is 10.3. The van der Waals surface area contributed by atoms with Gasteiger partial charge in [-0.2, -0.15) is 0 Å². The Morgan fingerprint density at radius 1 is 1.12 bits per heavy atom. The van der Waals surface area contributed by atoms with E-state index in [1.165, 1.54) is 36.4 Å². The molecule has 0 aliphatic heterocycles. The zero-order chi connectivity index (χ0) is 18.4. The largest absolute Gasteiger partial charge is 0.493 e. The third-order valence-electron chi connectivity index (χ3n) is 3.64. The second-order valence-electron chi connectivity index (χ2n) is 5.41. The average molecular weight is 361 g/mol. The van der Waals surface area contributed by atoms with E-state index in [2.05, 4.69) is 6.07 Å². The number of thioether (sulfide) groups is 1. The lowest BCUT2D eigenvalue weighted by Crippen LogP contribution is -2.10. The lowest BCUT2D eigenvalue weighted by Gasteiger charge is -2.09. The maximum absolute atomic E-state index is 12.0. The van der Waals surface area contributed by atoms with Gasteiger partial charge in [-0.25, -0.2) is 0 Å². The summed E-state index contributed by atoms with van der Waals surface area (Å²) in [5.74, 6) is 0.423. The minimum Gasteiger partial charge on any atom is -0.493 e. The van der Waals surface area contributed by atoms with Crippen molar-refractivity contribution in [3.8, 4) is 11.5 Å². The molecular formula is C18H19NO5S. The molecule has 0 aromatic heterocycles. The smallest absolute Gasteiger partial charge is 0.312 e. The fourth-order valence-corrected chi connectivity index (χ4v) is 3.02. The summed E-state index contributed by atoms with van der Waals surface area (Å²) >= 11 is 1.56. The molecule has 0 fully saturated rings. The Morgan fingerprint density at radius 2 is 1.88 bits per heavy atom. The normalized spacial score (nSPS) is 10.4. The van der Waals surface area contributed by atoms with Crippen LogP contribution in [0.3, 0.4) is 0 Å². The minimum atomic E-state index is -0.549. The minimum absolute atomic E-state index is 0.0536. The van der Waals surface area contributed by atoms with Crippen LogP contribution in [-0.2, 0) is 4.79 Å². The van der Waals surface area contributed by atoms with E-state index in [4.69, 9.17) is 9.47 Å². The molecule has 0 amide bonds. The maximum atomic E-state index is 12.0. The van der Waals surface area contributed by atoms with Crippen molar-refractivity contribution in [1.82, 2.24) is 0 Å². The number of nitro benzene ring substituents is 1. The molecule has 132 valence electrons. The van der Waals surface area contributed by atoms with Crippen LogP contribution < -0.4 is 9.47 Å².